The second kappa shape index (κ2) is 7.36. The van der Waals surface area contributed by atoms with Crippen molar-refractivity contribution < 1.29 is 14.7 Å². The molecule has 1 aromatic rings. The average molecular weight is 319 g/mol. The lowest BCUT2D eigenvalue weighted by Crippen LogP contribution is -2.48. The highest BCUT2D eigenvalue weighted by Gasteiger charge is 2.23. The lowest BCUT2D eigenvalue weighted by atomic mass is 10.1. The van der Waals surface area contributed by atoms with Crippen LogP contribution in [-0.4, -0.2) is 23.1 Å². The zero-order chi connectivity index (χ0) is 15.3. The molecule has 0 fully saturated rings. The lowest BCUT2D eigenvalue weighted by Gasteiger charge is -2.18. The Hall–Kier alpha value is -1.46. The Balaban J connectivity index is 2.54. The number of hydrogen-bond donors (Lipinski definition) is 3. The van der Waals surface area contributed by atoms with Crippen molar-refractivity contribution in [1.29, 1.82) is 0 Å². The third-order valence-corrected chi connectivity index (χ3v) is 3.40. The summed E-state index contributed by atoms with van der Waals surface area (Å²) in [4.78, 5) is 22.6. The van der Waals surface area contributed by atoms with Crippen molar-refractivity contribution in [3.05, 3.63) is 33.8 Å². The Bertz CT molecular complexity index is 506. The van der Waals surface area contributed by atoms with Gasteiger partial charge in [0.05, 0.1) is 10.0 Å². The SMILES string of the molecule is CC(C)C(NC(=O)NCc1ccc(Cl)c(Cl)c1)C(=O)O. The van der Waals surface area contributed by atoms with E-state index in [1.807, 2.05) is 0 Å². The number of amides is 2. The van der Waals surface area contributed by atoms with E-state index in [9.17, 15) is 9.59 Å². The number of carboxylic acids is 1. The number of aliphatic carboxylic acids is 1. The van der Waals surface area contributed by atoms with Gasteiger partial charge in [0.1, 0.15) is 6.04 Å². The Morgan fingerprint density at radius 2 is 1.90 bits per heavy atom. The first-order valence-electron chi connectivity index (χ1n) is 6.02. The first kappa shape index (κ1) is 16.6. The predicted octanol–water partition coefficient (Wildman–Crippen LogP) is 2.90. The molecule has 1 rings (SSSR count). The fourth-order valence-corrected chi connectivity index (χ4v) is 1.86. The maximum absolute atomic E-state index is 11.6. The van der Waals surface area contributed by atoms with Gasteiger partial charge in [-0.2, -0.15) is 0 Å². The highest BCUT2D eigenvalue weighted by molar-refractivity contribution is 6.42. The number of nitrogens with one attached hydrogen (secondary N) is 2. The molecule has 7 heteroatoms. The van der Waals surface area contributed by atoms with Gasteiger partial charge in [-0.1, -0.05) is 43.1 Å². The van der Waals surface area contributed by atoms with Gasteiger partial charge in [0, 0.05) is 6.54 Å². The molecule has 0 aromatic heterocycles. The largest absolute Gasteiger partial charge is 0.480 e. The van der Waals surface area contributed by atoms with Crippen LogP contribution in [0.4, 0.5) is 4.79 Å². The molecule has 1 aromatic carbocycles. The van der Waals surface area contributed by atoms with Crippen LogP contribution in [0.2, 0.25) is 10.0 Å². The summed E-state index contributed by atoms with van der Waals surface area (Å²) < 4.78 is 0. The molecule has 3 N–H and O–H groups in total. The maximum atomic E-state index is 11.6. The van der Waals surface area contributed by atoms with Gasteiger partial charge < -0.3 is 15.7 Å². The summed E-state index contributed by atoms with van der Waals surface area (Å²) in [5.41, 5.74) is 0.769. The first-order valence-corrected chi connectivity index (χ1v) is 6.78. The molecule has 1 atom stereocenters. The van der Waals surface area contributed by atoms with Crippen LogP contribution in [0, 0.1) is 5.92 Å². The van der Waals surface area contributed by atoms with Gasteiger partial charge >= 0.3 is 12.0 Å². The minimum Gasteiger partial charge on any atom is -0.480 e. The summed E-state index contributed by atoms with van der Waals surface area (Å²) in [6.45, 7) is 3.67. The van der Waals surface area contributed by atoms with Gasteiger partial charge in [-0.3, -0.25) is 0 Å². The second-order valence-corrected chi connectivity index (χ2v) is 5.45. The van der Waals surface area contributed by atoms with E-state index in [0.717, 1.165) is 5.56 Å². The van der Waals surface area contributed by atoms with E-state index in [0.29, 0.717) is 10.0 Å². The fourth-order valence-electron chi connectivity index (χ4n) is 1.54. The Kier molecular flexibility index (Phi) is 6.10. The minimum absolute atomic E-state index is 0.205. The van der Waals surface area contributed by atoms with E-state index in [-0.39, 0.29) is 12.5 Å². The van der Waals surface area contributed by atoms with Crippen molar-refractivity contribution in [3.63, 3.8) is 0 Å². The molecule has 0 aliphatic rings. The zero-order valence-corrected chi connectivity index (χ0v) is 12.6. The van der Waals surface area contributed by atoms with Crippen LogP contribution in [0.1, 0.15) is 19.4 Å². The number of halogens is 2. The van der Waals surface area contributed by atoms with Crippen LogP contribution < -0.4 is 10.6 Å². The van der Waals surface area contributed by atoms with E-state index in [4.69, 9.17) is 28.3 Å². The molecule has 0 saturated carbocycles. The van der Waals surface area contributed by atoms with Gasteiger partial charge in [-0.15, -0.1) is 0 Å². The van der Waals surface area contributed by atoms with Crippen molar-refractivity contribution in [3.8, 4) is 0 Å². The van der Waals surface area contributed by atoms with Gasteiger partial charge in [-0.25, -0.2) is 9.59 Å². The van der Waals surface area contributed by atoms with Crippen LogP contribution in [0.15, 0.2) is 18.2 Å². The predicted molar refractivity (Wildman–Crippen MR) is 78.1 cm³/mol. The van der Waals surface area contributed by atoms with Crippen LogP contribution >= 0.6 is 23.2 Å². The van der Waals surface area contributed by atoms with Crippen LogP contribution in [0.3, 0.4) is 0 Å². The van der Waals surface area contributed by atoms with E-state index < -0.39 is 18.0 Å². The molecule has 5 nitrogen and oxygen atoms in total. The quantitative estimate of drug-likeness (QED) is 0.781. The van der Waals surface area contributed by atoms with E-state index >= 15 is 0 Å². The minimum atomic E-state index is -1.07. The summed E-state index contributed by atoms with van der Waals surface area (Å²) >= 11 is 11.6. The molecule has 1 unspecified atom stereocenters. The van der Waals surface area contributed by atoms with E-state index in [1.54, 1.807) is 32.0 Å². The van der Waals surface area contributed by atoms with Crippen molar-refractivity contribution >= 4 is 35.2 Å². The number of carbonyl (C=O) groups excluding carboxylic acids is 1. The van der Waals surface area contributed by atoms with E-state index in [1.165, 1.54) is 0 Å². The summed E-state index contributed by atoms with van der Waals surface area (Å²) in [6.07, 6.45) is 0. The molecule has 2 amide bonds. The van der Waals surface area contributed by atoms with Gasteiger partial charge in [0.25, 0.3) is 0 Å². The van der Waals surface area contributed by atoms with Gasteiger partial charge in [-0.05, 0) is 23.6 Å². The molecule has 0 radical (unpaired) electrons. The van der Waals surface area contributed by atoms with Crippen LogP contribution in [0.5, 0.6) is 0 Å². The smallest absolute Gasteiger partial charge is 0.326 e. The van der Waals surface area contributed by atoms with E-state index in [2.05, 4.69) is 10.6 Å². The molecule has 0 aliphatic heterocycles. The second-order valence-electron chi connectivity index (χ2n) is 4.64. The molecule has 0 heterocycles. The topological polar surface area (TPSA) is 78.4 Å². The summed E-state index contributed by atoms with van der Waals surface area (Å²) in [5, 5.41) is 14.8. The summed E-state index contributed by atoms with van der Waals surface area (Å²) in [7, 11) is 0. The number of carbonyl (C=O) groups is 2. The monoisotopic (exact) mass is 318 g/mol. The van der Waals surface area contributed by atoms with Gasteiger partial charge in [0.15, 0.2) is 0 Å². The number of benzene rings is 1. The van der Waals surface area contributed by atoms with Crippen molar-refractivity contribution in [1.82, 2.24) is 10.6 Å². The third kappa shape index (κ3) is 4.90. The molecule has 0 saturated heterocycles. The highest BCUT2D eigenvalue weighted by atomic mass is 35.5. The number of rotatable bonds is 5. The standard InChI is InChI=1S/C13H16Cl2N2O3/c1-7(2)11(12(18)19)17-13(20)16-6-8-3-4-9(14)10(15)5-8/h3-5,7,11H,6H2,1-2H3,(H,18,19)(H2,16,17,20). The molecular weight excluding hydrogens is 303 g/mol. The van der Waals surface area contributed by atoms with Gasteiger partial charge in [0.2, 0.25) is 0 Å². The highest BCUT2D eigenvalue weighted by Crippen LogP contribution is 2.22. The summed E-state index contributed by atoms with van der Waals surface area (Å²) in [6, 6.07) is 3.53. The fraction of sp³-hybridized carbons (Fsp3) is 0.385. The normalized spacial score (nSPS) is 12.1. The molecular formula is C13H16Cl2N2O3. The zero-order valence-electron chi connectivity index (χ0n) is 11.1. The van der Waals surface area contributed by atoms with Crippen molar-refractivity contribution in [2.45, 2.75) is 26.4 Å². The number of urea groups is 1. The molecule has 0 aliphatic carbocycles. The average Bonchev–Trinajstić information content (AvgIpc) is 2.36. The number of carboxylic acid groups (broad SMARTS) is 1. The third-order valence-electron chi connectivity index (χ3n) is 2.66. The molecule has 110 valence electrons. The van der Waals surface area contributed by atoms with Crippen LogP contribution in [0.25, 0.3) is 0 Å². The molecule has 20 heavy (non-hydrogen) atoms. The molecule has 0 spiro atoms. The maximum Gasteiger partial charge on any atom is 0.326 e. The van der Waals surface area contributed by atoms with Crippen molar-refractivity contribution in [2.24, 2.45) is 5.92 Å². The van der Waals surface area contributed by atoms with Crippen LogP contribution in [-0.2, 0) is 11.3 Å². The molecule has 0 bridgehead atoms. The number of hydrogen-bond acceptors (Lipinski definition) is 2. The lowest BCUT2D eigenvalue weighted by molar-refractivity contribution is -0.140. The first-order chi connectivity index (χ1) is 9.31. The summed E-state index contributed by atoms with van der Waals surface area (Å²) in [5.74, 6) is -1.27. The Morgan fingerprint density at radius 3 is 2.40 bits per heavy atom. The Labute approximate surface area is 127 Å². The van der Waals surface area contributed by atoms with Crippen molar-refractivity contribution in [2.75, 3.05) is 0 Å². The Morgan fingerprint density at radius 1 is 1.25 bits per heavy atom.